The van der Waals surface area contributed by atoms with Crippen molar-refractivity contribution in [2.24, 2.45) is 0 Å². The van der Waals surface area contributed by atoms with E-state index in [4.69, 9.17) is 9.47 Å². The first kappa shape index (κ1) is 19.2. The summed E-state index contributed by atoms with van der Waals surface area (Å²) in [6.45, 7) is 0. The first-order chi connectivity index (χ1) is 15.1. The van der Waals surface area contributed by atoms with E-state index in [2.05, 4.69) is 47.0 Å². The Kier molecular flexibility index (Phi) is 4.66. The van der Waals surface area contributed by atoms with Crippen LogP contribution in [0.1, 0.15) is 17.2 Å². The summed E-state index contributed by atoms with van der Waals surface area (Å²) in [6.07, 6.45) is 0. The number of anilines is 2. The van der Waals surface area contributed by atoms with E-state index in [0.29, 0.717) is 34.4 Å². The molecule has 31 heavy (non-hydrogen) atoms. The molecule has 0 saturated carbocycles. The molecule has 0 aliphatic carbocycles. The second-order valence-corrected chi connectivity index (χ2v) is 7.70. The first-order valence-corrected chi connectivity index (χ1v) is 10.1. The first-order valence-electron chi connectivity index (χ1n) is 9.26. The van der Waals surface area contributed by atoms with Gasteiger partial charge in [0.25, 0.3) is 5.56 Å². The lowest BCUT2D eigenvalue weighted by atomic mass is 9.92. The minimum Gasteiger partial charge on any atom is -0.497 e. The highest BCUT2D eigenvalue weighted by Crippen LogP contribution is 2.44. The number of hydrogen-bond donors (Lipinski definition) is 2. The van der Waals surface area contributed by atoms with Gasteiger partial charge in [0, 0.05) is 21.2 Å². The Balaban J connectivity index is 1.84. The van der Waals surface area contributed by atoms with Crippen molar-refractivity contribution in [3.8, 4) is 22.8 Å². The number of ether oxygens (including phenoxy) is 2. The van der Waals surface area contributed by atoms with Crippen LogP contribution in [0.4, 0.5) is 11.6 Å². The van der Waals surface area contributed by atoms with Crippen LogP contribution in [0.2, 0.25) is 0 Å². The predicted octanol–water partition coefficient (Wildman–Crippen LogP) is 2.90. The molecule has 1 aliphatic rings. The number of tetrazole rings is 1. The Morgan fingerprint density at radius 1 is 1.10 bits per heavy atom. The topological polar surface area (TPSA) is 120 Å². The molecule has 2 aromatic heterocycles. The second-order valence-electron chi connectivity index (χ2n) is 6.78. The molecule has 10 nitrogen and oxygen atoms in total. The van der Waals surface area contributed by atoms with Gasteiger partial charge < -0.3 is 14.8 Å². The van der Waals surface area contributed by atoms with Gasteiger partial charge in [0.15, 0.2) is 0 Å². The van der Waals surface area contributed by atoms with Crippen LogP contribution >= 0.6 is 15.9 Å². The molecule has 0 spiro atoms. The number of nitrogens with zero attached hydrogens (tertiary/aromatic N) is 5. The van der Waals surface area contributed by atoms with Gasteiger partial charge in [-0.1, -0.05) is 33.2 Å². The molecule has 1 aliphatic heterocycles. The number of methoxy groups -OCH3 is 2. The van der Waals surface area contributed by atoms with Gasteiger partial charge >= 0.3 is 0 Å². The second kappa shape index (κ2) is 7.51. The molecule has 4 aromatic rings. The minimum absolute atomic E-state index is 0.324. The van der Waals surface area contributed by atoms with Crippen molar-refractivity contribution in [1.82, 2.24) is 30.4 Å². The van der Waals surface area contributed by atoms with Gasteiger partial charge in [-0.3, -0.25) is 4.79 Å². The Hall–Kier alpha value is -3.73. The van der Waals surface area contributed by atoms with E-state index in [0.717, 1.165) is 15.6 Å². The fourth-order valence-electron chi connectivity index (χ4n) is 3.71. The predicted molar refractivity (Wildman–Crippen MR) is 116 cm³/mol. The number of H-pyrrole nitrogens is 1. The van der Waals surface area contributed by atoms with Gasteiger partial charge in [-0.05, 0) is 40.8 Å². The molecule has 156 valence electrons. The molecule has 2 N–H and O–H groups in total. The van der Waals surface area contributed by atoms with Gasteiger partial charge in [0.05, 0.1) is 19.9 Å². The van der Waals surface area contributed by atoms with E-state index >= 15 is 0 Å². The fourth-order valence-corrected chi connectivity index (χ4v) is 3.97. The number of fused-ring (bicyclic) bond motifs is 2. The third-order valence-corrected chi connectivity index (χ3v) is 5.65. The third kappa shape index (κ3) is 3.13. The van der Waals surface area contributed by atoms with Crippen LogP contribution in [-0.4, -0.2) is 44.6 Å². The fraction of sp³-hybridized carbons (Fsp3) is 0.150. The van der Waals surface area contributed by atoms with Gasteiger partial charge in [-0.2, -0.15) is 9.78 Å². The Morgan fingerprint density at radius 2 is 1.90 bits per heavy atom. The summed E-state index contributed by atoms with van der Waals surface area (Å²) in [6, 6.07) is 12.5. The van der Waals surface area contributed by atoms with E-state index in [1.165, 1.54) is 0 Å². The largest absolute Gasteiger partial charge is 0.497 e. The Labute approximate surface area is 184 Å². The lowest BCUT2D eigenvalue weighted by Crippen LogP contribution is -2.29. The van der Waals surface area contributed by atoms with Crippen molar-refractivity contribution < 1.29 is 9.47 Å². The van der Waals surface area contributed by atoms with Crippen molar-refractivity contribution in [3.05, 3.63) is 68.4 Å². The van der Waals surface area contributed by atoms with E-state index in [1.54, 1.807) is 31.0 Å². The molecule has 3 heterocycles. The lowest BCUT2D eigenvalue weighted by molar-refractivity contribution is 0.392. The van der Waals surface area contributed by atoms with Crippen LogP contribution in [0, 0.1) is 0 Å². The van der Waals surface area contributed by atoms with E-state index in [1.807, 2.05) is 30.3 Å². The number of aromatic nitrogens is 6. The van der Waals surface area contributed by atoms with Gasteiger partial charge in [0.1, 0.15) is 23.2 Å². The van der Waals surface area contributed by atoms with Crippen molar-refractivity contribution in [3.63, 3.8) is 0 Å². The van der Waals surface area contributed by atoms with Gasteiger partial charge in [-0.25, -0.2) is 5.10 Å². The highest BCUT2D eigenvalue weighted by molar-refractivity contribution is 9.10. The molecule has 0 saturated heterocycles. The van der Waals surface area contributed by atoms with Crippen LogP contribution in [0.25, 0.3) is 11.3 Å². The summed E-state index contributed by atoms with van der Waals surface area (Å²) in [4.78, 5) is 12.8. The average Bonchev–Trinajstić information content (AvgIpc) is 3.27. The van der Waals surface area contributed by atoms with Crippen LogP contribution in [0.15, 0.2) is 51.7 Å². The number of nitrogens with one attached hydrogen (secondary N) is 2. The van der Waals surface area contributed by atoms with E-state index < -0.39 is 6.04 Å². The highest BCUT2D eigenvalue weighted by Gasteiger charge is 2.36. The SMILES string of the molecule is COc1ccc(OC)c([C@@H]2c3c(-c4ccc(Br)cc4)n[nH]c(=O)c3Nc3nnnn32)c1. The molecule has 0 fully saturated rings. The zero-order valence-electron chi connectivity index (χ0n) is 16.5. The van der Waals surface area contributed by atoms with E-state index in [-0.39, 0.29) is 5.56 Å². The summed E-state index contributed by atoms with van der Waals surface area (Å²) in [5, 5.41) is 22.0. The number of benzene rings is 2. The highest BCUT2D eigenvalue weighted by atomic mass is 79.9. The summed E-state index contributed by atoms with van der Waals surface area (Å²) in [5.41, 5.74) is 2.70. The summed E-state index contributed by atoms with van der Waals surface area (Å²) in [5.74, 6) is 1.57. The molecule has 0 amide bonds. The summed E-state index contributed by atoms with van der Waals surface area (Å²) < 4.78 is 13.6. The van der Waals surface area contributed by atoms with Gasteiger partial charge in [-0.15, -0.1) is 0 Å². The molecular formula is C20H16BrN7O3. The number of aromatic amines is 1. The average molecular weight is 482 g/mol. The molecule has 0 bridgehead atoms. The maximum Gasteiger partial charge on any atom is 0.288 e. The van der Waals surface area contributed by atoms with Gasteiger partial charge in [0.2, 0.25) is 5.95 Å². The molecular weight excluding hydrogens is 466 g/mol. The molecule has 2 aromatic carbocycles. The molecule has 0 unspecified atom stereocenters. The Bertz CT molecular complexity index is 1330. The van der Waals surface area contributed by atoms with Crippen molar-refractivity contribution in [2.45, 2.75) is 6.04 Å². The maximum absolute atomic E-state index is 12.8. The normalized spacial score (nSPS) is 14.4. The lowest BCUT2D eigenvalue weighted by Gasteiger charge is -2.28. The Morgan fingerprint density at radius 3 is 2.65 bits per heavy atom. The zero-order valence-corrected chi connectivity index (χ0v) is 18.0. The van der Waals surface area contributed by atoms with Crippen molar-refractivity contribution >= 4 is 27.6 Å². The summed E-state index contributed by atoms with van der Waals surface area (Å²) in [7, 11) is 3.17. The molecule has 1 atom stereocenters. The zero-order chi connectivity index (χ0) is 21.5. The van der Waals surface area contributed by atoms with Crippen LogP contribution in [0.3, 0.4) is 0 Å². The molecule has 11 heteroatoms. The quantitative estimate of drug-likeness (QED) is 0.402. The number of halogens is 1. The molecule has 0 radical (unpaired) electrons. The standard InChI is InChI=1S/C20H16BrN7O3/c1-30-12-7-8-14(31-2)13(9-12)18-15-16(10-3-5-11(21)6-4-10)23-24-19(29)17(15)22-20-25-26-27-28(18)20/h3-9,18H,1-2H3,(H,24,29)(H,22,25,27)/t18-/m1/s1. The third-order valence-electron chi connectivity index (χ3n) is 5.12. The number of hydrogen-bond acceptors (Lipinski definition) is 8. The van der Waals surface area contributed by atoms with E-state index in [9.17, 15) is 4.79 Å². The van der Waals surface area contributed by atoms with Crippen molar-refractivity contribution in [1.29, 1.82) is 0 Å². The minimum atomic E-state index is -0.584. The number of rotatable bonds is 4. The monoisotopic (exact) mass is 481 g/mol. The smallest absolute Gasteiger partial charge is 0.288 e. The van der Waals surface area contributed by atoms with Crippen LogP contribution in [0.5, 0.6) is 11.5 Å². The van der Waals surface area contributed by atoms with Crippen LogP contribution in [-0.2, 0) is 0 Å². The van der Waals surface area contributed by atoms with Crippen LogP contribution < -0.4 is 20.3 Å². The maximum atomic E-state index is 12.8. The molecule has 5 rings (SSSR count). The van der Waals surface area contributed by atoms with Crippen molar-refractivity contribution in [2.75, 3.05) is 19.5 Å². The summed E-state index contributed by atoms with van der Waals surface area (Å²) >= 11 is 3.45.